The molecule has 0 atom stereocenters. The van der Waals surface area contributed by atoms with E-state index in [4.69, 9.17) is 11.2 Å². The molecule has 0 heterocycles. The van der Waals surface area contributed by atoms with Crippen molar-refractivity contribution in [1.82, 2.24) is 0 Å². The minimum absolute atomic E-state index is 0.269. The molecule has 2 rings (SSSR count). The van der Waals surface area contributed by atoms with E-state index in [2.05, 4.69) is 16.1 Å². The van der Waals surface area contributed by atoms with Gasteiger partial charge in [0.25, 0.3) is 0 Å². The average Bonchev–Trinajstić information content (AvgIpc) is 2.45. The van der Waals surface area contributed by atoms with Crippen molar-refractivity contribution in [2.45, 2.75) is 0 Å². The van der Waals surface area contributed by atoms with Crippen molar-refractivity contribution in [2.75, 3.05) is 6.61 Å². The van der Waals surface area contributed by atoms with Crippen LogP contribution in [0.1, 0.15) is 0 Å². The Morgan fingerprint density at radius 3 is 2.11 bits per heavy atom. The molecular formula is C15H12N2O. The molecule has 3 heteroatoms. The second kappa shape index (κ2) is 6.21. The number of hydrogen-bond acceptors (Lipinski definition) is 3. The van der Waals surface area contributed by atoms with Gasteiger partial charge in [-0.25, -0.2) is 0 Å². The van der Waals surface area contributed by atoms with Crippen LogP contribution in [0.25, 0.3) is 0 Å². The van der Waals surface area contributed by atoms with E-state index in [1.54, 1.807) is 0 Å². The summed E-state index contributed by atoms with van der Waals surface area (Å²) in [5, 5.41) is 8.25. The predicted octanol–water partition coefficient (Wildman–Crippen LogP) is 4.11. The molecule has 0 aliphatic heterocycles. The quantitative estimate of drug-likeness (QED) is 0.581. The van der Waals surface area contributed by atoms with Gasteiger partial charge in [0, 0.05) is 0 Å². The average molecular weight is 236 g/mol. The van der Waals surface area contributed by atoms with Crippen LogP contribution in [-0.4, -0.2) is 6.61 Å². The molecule has 0 fully saturated rings. The van der Waals surface area contributed by atoms with Gasteiger partial charge in [0.1, 0.15) is 12.4 Å². The van der Waals surface area contributed by atoms with Crippen molar-refractivity contribution in [2.24, 2.45) is 10.2 Å². The van der Waals surface area contributed by atoms with Gasteiger partial charge in [-0.3, -0.25) is 0 Å². The maximum atomic E-state index is 5.26. The van der Waals surface area contributed by atoms with E-state index in [0.29, 0.717) is 0 Å². The van der Waals surface area contributed by atoms with Crippen molar-refractivity contribution in [1.29, 1.82) is 0 Å². The van der Waals surface area contributed by atoms with Crippen LogP contribution in [0.5, 0.6) is 5.75 Å². The summed E-state index contributed by atoms with van der Waals surface area (Å²) in [6.07, 6.45) is 5.11. The first-order valence-electron chi connectivity index (χ1n) is 5.51. The van der Waals surface area contributed by atoms with Crippen LogP contribution >= 0.6 is 0 Å². The van der Waals surface area contributed by atoms with Crippen LogP contribution < -0.4 is 4.74 Å². The fourth-order valence-electron chi connectivity index (χ4n) is 1.34. The first kappa shape index (κ1) is 11.9. The highest BCUT2D eigenvalue weighted by molar-refractivity contribution is 5.42. The molecule has 18 heavy (non-hydrogen) atoms. The van der Waals surface area contributed by atoms with E-state index in [1.165, 1.54) is 0 Å². The molecule has 0 spiro atoms. The lowest BCUT2D eigenvalue weighted by Crippen LogP contribution is -1.92. The monoisotopic (exact) mass is 236 g/mol. The molecule has 0 bridgehead atoms. The van der Waals surface area contributed by atoms with Crippen LogP contribution in [0, 0.1) is 12.3 Å². The SMILES string of the molecule is C#CCOc1ccc(/N=N/c2ccccc2)cc1. The molecule has 0 saturated heterocycles. The molecule has 0 radical (unpaired) electrons. The molecule has 0 saturated carbocycles. The maximum absolute atomic E-state index is 5.26. The lowest BCUT2D eigenvalue weighted by Gasteiger charge is -2.01. The second-order valence-corrected chi connectivity index (χ2v) is 3.52. The summed E-state index contributed by atoms with van der Waals surface area (Å²) in [5.41, 5.74) is 1.59. The van der Waals surface area contributed by atoms with Gasteiger partial charge in [-0.05, 0) is 36.4 Å². The molecule has 0 amide bonds. The van der Waals surface area contributed by atoms with Crippen LogP contribution in [0.3, 0.4) is 0 Å². The largest absolute Gasteiger partial charge is 0.481 e. The minimum atomic E-state index is 0.269. The first-order chi connectivity index (χ1) is 8.88. The Hall–Kier alpha value is -2.60. The molecule has 0 aromatic heterocycles. The Bertz CT molecular complexity index is 553. The molecular weight excluding hydrogens is 224 g/mol. The third-order valence-corrected chi connectivity index (χ3v) is 2.20. The lowest BCUT2D eigenvalue weighted by molar-refractivity contribution is 0.370. The van der Waals surface area contributed by atoms with Gasteiger partial charge >= 0.3 is 0 Å². The molecule has 88 valence electrons. The number of benzene rings is 2. The predicted molar refractivity (Wildman–Crippen MR) is 71.4 cm³/mol. The summed E-state index contributed by atoms with van der Waals surface area (Å²) in [4.78, 5) is 0. The second-order valence-electron chi connectivity index (χ2n) is 3.52. The smallest absolute Gasteiger partial charge is 0.148 e. The first-order valence-corrected chi connectivity index (χ1v) is 5.51. The summed E-state index contributed by atoms with van der Waals surface area (Å²) in [6, 6.07) is 16.9. The van der Waals surface area contributed by atoms with Crippen molar-refractivity contribution in [3.05, 3.63) is 54.6 Å². The topological polar surface area (TPSA) is 34.0 Å². The highest BCUT2D eigenvalue weighted by Gasteiger charge is 1.93. The molecule has 2 aromatic rings. The third-order valence-electron chi connectivity index (χ3n) is 2.20. The number of azo groups is 1. The van der Waals surface area contributed by atoms with E-state index in [-0.39, 0.29) is 6.61 Å². The van der Waals surface area contributed by atoms with Gasteiger partial charge in [-0.2, -0.15) is 10.2 Å². The summed E-state index contributed by atoms with van der Waals surface area (Å²) in [6.45, 7) is 0.269. The van der Waals surface area contributed by atoms with Crippen molar-refractivity contribution in [3.8, 4) is 18.1 Å². The highest BCUT2D eigenvalue weighted by atomic mass is 16.5. The fourth-order valence-corrected chi connectivity index (χ4v) is 1.34. The Labute approximate surface area is 106 Å². The number of hydrogen-bond donors (Lipinski definition) is 0. The zero-order valence-corrected chi connectivity index (χ0v) is 9.78. The molecule has 2 aromatic carbocycles. The van der Waals surface area contributed by atoms with Crippen LogP contribution in [-0.2, 0) is 0 Å². The van der Waals surface area contributed by atoms with E-state index < -0.39 is 0 Å². The standard InChI is InChI=1S/C15H12N2O/c1-2-12-18-15-10-8-14(9-11-15)17-16-13-6-4-3-5-7-13/h1,3-11H,12H2/b17-16+. The fraction of sp³-hybridized carbons (Fsp3) is 0.0667. The number of nitrogens with zero attached hydrogens (tertiary/aromatic N) is 2. The van der Waals surface area contributed by atoms with Crippen molar-refractivity contribution >= 4 is 11.4 Å². The van der Waals surface area contributed by atoms with Gasteiger partial charge in [0.15, 0.2) is 0 Å². The third kappa shape index (κ3) is 3.46. The number of terminal acetylenes is 1. The maximum Gasteiger partial charge on any atom is 0.148 e. The van der Waals surface area contributed by atoms with Gasteiger partial charge in [-0.1, -0.05) is 24.1 Å². The summed E-state index contributed by atoms with van der Waals surface area (Å²) >= 11 is 0. The normalized spacial score (nSPS) is 10.2. The van der Waals surface area contributed by atoms with Crippen LogP contribution in [0.15, 0.2) is 64.8 Å². The Morgan fingerprint density at radius 2 is 1.50 bits per heavy atom. The highest BCUT2D eigenvalue weighted by Crippen LogP contribution is 2.20. The summed E-state index contributed by atoms with van der Waals surface area (Å²) in [7, 11) is 0. The van der Waals surface area contributed by atoms with Crippen molar-refractivity contribution in [3.63, 3.8) is 0 Å². The summed E-state index contributed by atoms with van der Waals surface area (Å²) in [5.74, 6) is 3.14. The molecule has 0 aliphatic rings. The molecule has 0 aliphatic carbocycles. The lowest BCUT2D eigenvalue weighted by atomic mass is 10.3. The van der Waals surface area contributed by atoms with Gasteiger partial charge in [0.2, 0.25) is 0 Å². The molecule has 0 unspecified atom stereocenters. The van der Waals surface area contributed by atoms with Gasteiger partial charge in [0.05, 0.1) is 11.4 Å². The molecule has 3 nitrogen and oxygen atoms in total. The Balaban J connectivity index is 2.02. The van der Waals surface area contributed by atoms with E-state index in [0.717, 1.165) is 17.1 Å². The minimum Gasteiger partial charge on any atom is -0.481 e. The zero-order chi connectivity index (χ0) is 12.6. The van der Waals surface area contributed by atoms with Crippen LogP contribution in [0.2, 0.25) is 0 Å². The van der Waals surface area contributed by atoms with Gasteiger partial charge in [-0.15, -0.1) is 6.42 Å². The summed E-state index contributed by atoms with van der Waals surface area (Å²) < 4.78 is 5.26. The van der Waals surface area contributed by atoms with E-state index >= 15 is 0 Å². The number of ether oxygens (including phenoxy) is 1. The van der Waals surface area contributed by atoms with Crippen molar-refractivity contribution < 1.29 is 4.74 Å². The van der Waals surface area contributed by atoms with Gasteiger partial charge < -0.3 is 4.74 Å². The zero-order valence-electron chi connectivity index (χ0n) is 9.78. The molecule has 0 N–H and O–H groups in total. The van der Waals surface area contributed by atoms with E-state index in [1.807, 2.05) is 54.6 Å². The Kier molecular flexibility index (Phi) is 4.10. The Morgan fingerprint density at radius 1 is 0.889 bits per heavy atom. The van der Waals surface area contributed by atoms with E-state index in [9.17, 15) is 0 Å². The van der Waals surface area contributed by atoms with Crippen LogP contribution in [0.4, 0.5) is 11.4 Å². The number of rotatable bonds is 4.